The molecule has 2 N–H and O–H groups in total. The van der Waals surface area contributed by atoms with Crippen LogP contribution >= 0.6 is 0 Å². The summed E-state index contributed by atoms with van der Waals surface area (Å²) in [6.45, 7) is 4.65. The highest BCUT2D eigenvalue weighted by Crippen LogP contribution is 2.35. The lowest BCUT2D eigenvalue weighted by molar-refractivity contribution is 0.102. The standard InChI is InChI=1S/C29H29N7O3/c37-28(22-6-4-5-21(32-22)20-15-19-7-8-30-27(19)31-18-20)33-23-16-24-26(17-25(23)35-9-2-1-3-10-35)39-29(34-24)36-11-13-38-14-12-36/h4-8,15-18H,1-3,9-14H2,(H,30,31)(H,33,37). The van der Waals surface area contributed by atoms with E-state index in [4.69, 9.17) is 14.1 Å². The summed E-state index contributed by atoms with van der Waals surface area (Å²) < 4.78 is 11.6. The summed E-state index contributed by atoms with van der Waals surface area (Å²) in [7, 11) is 0. The molecule has 39 heavy (non-hydrogen) atoms. The third-order valence-corrected chi connectivity index (χ3v) is 7.40. The Balaban J connectivity index is 1.21. The molecule has 0 unspecified atom stereocenters. The van der Waals surface area contributed by atoms with Crippen LogP contribution in [-0.2, 0) is 4.74 Å². The number of aromatic amines is 1. The van der Waals surface area contributed by atoms with E-state index in [0.717, 1.165) is 61.3 Å². The number of fused-ring (bicyclic) bond motifs is 2. The summed E-state index contributed by atoms with van der Waals surface area (Å²) in [5.74, 6) is -0.276. The van der Waals surface area contributed by atoms with E-state index in [0.29, 0.717) is 47.4 Å². The van der Waals surface area contributed by atoms with Crippen molar-refractivity contribution in [1.82, 2.24) is 19.9 Å². The minimum atomic E-state index is -0.276. The number of anilines is 3. The second-order valence-electron chi connectivity index (χ2n) is 9.98. The number of ether oxygens (including phenoxy) is 1. The number of aromatic nitrogens is 4. The average Bonchev–Trinajstić information content (AvgIpc) is 3.64. The van der Waals surface area contributed by atoms with Crippen molar-refractivity contribution in [1.29, 1.82) is 0 Å². The molecule has 2 saturated heterocycles. The number of piperidine rings is 1. The number of hydrogen-bond donors (Lipinski definition) is 2. The number of carbonyl (C=O) groups excluding carboxylic acids is 1. The maximum absolute atomic E-state index is 13.5. The van der Waals surface area contributed by atoms with Gasteiger partial charge in [0, 0.05) is 55.6 Å². The largest absolute Gasteiger partial charge is 0.423 e. The first-order valence-corrected chi connectivity index (χ1v) is 13.5. The molecule has 2 aliphatic heterocycles. The van der Waals surface area contributed by atoms with Crippen molar-refractivity contribution in [2.24, 2.45) is 0 Å². The van der Waals surface area contributed by atoms with Gasteiger partial charge >= 0.3 is 0 Å². The zero-order valence-electron chi connectivity index (χ0n) is 21.5. The monoisotopic (exact) mass is 523 g/mol. The lowest BCUT2D eigenvalue weighted by Gasteiger charge is -2.30. The SMILES string of the molecule is O=C(Nc1cc2nc(N3CCOCC3)oc2cc1N1CCCCC1)c1cccc(-c2cnc3[nH]ccc3c2)n1. The maximum atomic E-state index is 13.5. The van der Waals surface area contributed by atoms with Crippen molar-refractivity contribution in [3.8, 4) is 11.3 Å². The van der Waals surface area contributed by atoms with Crippen LogP contribution in [0.1, 0.15) is 29.8 Å². The van der Waals surface area contributed by atoms with Crippen LogP contribution in [0.2, 0.25) is 0 Å². The molecule has 198 valence electrons. The van der Waals surface area contributed by atoms with Gasteiger partial charge in [0.15, 0.2) is 5.58 Å². The summed E-state index contributed by atoms with van der Waals surface area (Å²) in [6, 6.07) is 14.0. The molecule has 4 aromatic heterocycles. The Hall–Kier alpha value is -4.44. The summed E-state index contributed by atoms with van der Waals surface area (Å²) in [5, 5.41) is 4.12. The number of nitrogens with one attached hydrogen (secondary N) is 2. The second-order valence-corrected chi connectivity index (χ2v) is 9.98. The van der Waals surface area contributed by atoms with E-state index < -0.39 is 0 Å². The van der Waals surface area contributed by atoms with E-state index in [1.807, 2.05) is 42.6 Å². The Morgan fingerprint density at radius 3 is 2.69 bits per heavy atom. The predicted octanol–water partition coefficient (Wildman–Crippen LogP) is 4.85. The van der Waals surface area contributed by atoms with Crippen molar-refractivity contribution in [3.05, 3.63) is 60.6 Å². The zero-order chi connectivity index (χ0) is 26.2. The molecule has 5 aromatic rings. The predicted molar refractivity (Wildman–Crippen MR) is 150 cm³/mol. The number of rotatable bonds is 5. The van der Waals surface area contributed by atoms with E-state index in [-0.39, 0.29) is 5.91 Å². The van der Waals surface area contributed by atoms with Gasteiger partial charge in [0.1, 0.15) is 16.9 Å². The molecule has 1 amide bonds. The first kappa shape index (κ1) is 23.7. The topological polar surface area (TPSA) is 112 Å². The molecule has 10 nitrogen and oxygen atoms in total. The molecule has 2 fully saturated rings. The number of oxazole rings is 1. The van der Waals surface area contributed by atoms with Gasteiger partial charge < -0.3 is 29.3 Å². The van der Waals surface area contributed by atoms with Crippen molar-refractivity contribution in [2.75, 3.05) is 54.5 Å². The van der Waals surface area contributed by atoms with Crippen LogP contribution in [0.3, 0.4) is 0 Å². The van der Waals surface area contributed by atoms with E-state index in [9.17, 15) is 4.79 Å². The number of morpholine rings is 1. The second kappa shape index (κ2) is 10.0. The van der Waals surface area contributed by atoms with Crippen molar-refractivity contribution < 1.29 is 13.9 Å². The van der Waals surface area contributed by atoms with Gasteiger partial charge in [-0.1, -0.05) is 6.07 Å². The molecule has 0 spiro atoms. The number of carbonyl (C=O) groups is 1. The Bertz CT molecular complexity index is 1650. The number of hydrogen-bond acceptors (Lipinski definition) is 8. The molecular weight excluding hydrogens is 494 g/mol. The van der Waals surface area contributed by atoms with Gasteiger partial charge in [0.05, 0.1) is 30.3 Å². The van der Waals surface area contributed by atoms with Gasteiger partial charge in [-0.3, -0.25) is 4.79 Å². The highest BCUT2D eigenvalue weighted by molar-refractivity contribution is 6.06. The van der Waals surface area contributed by atoms with Crippen LogP contribution in [0.15, 0.2) is 59.3 Å². The lowest BCUT2D eigenvalue weighted by Crippen LogP contribution is -2.36. The van der Waals surface area contributed by atoms with Crippen LogP contribution in [0, 0.1) is 0 Å². The Labute approximate surface area is 225 Å². The quantitative estimate of drug-likeness (QED) is 0.336. The third kappa shape index (κ3) is 4.67. The first-order chi connectivity index (χ1) is 19.2. The fourth-order valence-corrected chi connectivity index (χ4v) is 5.33. The first-order valence-electron chi connectivity index (χ1n) is 13.5. The molecule has 0 saturated carbocycles. The molecule has 7 rings (SSSR count). The fraction of sp³-hybridized carbons (Fsp3) is 0.310. The highest BCUT2D eigenvalue weighted by atomic mass is 16.5. The third-order valence-electron chi connectivity index (χ3n) is 7.40. The van der Waals surface area contributed by atoms with Gasteiger partial charge in [0.25, 0.3) is 11.9 Å². The molecule has 6 heterocycles. The molecule has 0 atom stereocenters. The summed E-state index contributed by atoms with van der Waals surface area (Å²) in [5.41, 5.74) is 5.76. The number of H-pyrrole nitrogens is 1. The molecule has 0 radical (unpaired) electrons. The van der Waals surface area contributed by atoms with Crippen LogP contribution < -0.4 is 15.1 Å². The van der Waals surface area contributed by atoms with Crippen LogP contribution in [-0.4, -0.2) is 65.2 Å². The van der Waals surface area contributed by atoms with Gasteiger partial charge in [-0.05, 0) is 49.6 Å². The Morgan fingerprint density at radius 2 is 1.82 bits per heavy atom. The minimum Gasteiger partial charge on any atom is -0.423 e. The maximum Gasteiger partial charge on any atom is 0.298 e. The van der Waals surface area contributed by atoms with E-state index in [1.54, 1.807) is 12.3 Å². The Kier molecular flexibility index (Phi) is 6.08. The van der Waals surface area contributed by atoms with Crippen LogP contribution in [0.25, 0.3) is 33.4 Å². The molecule has 2 aliphatic rings. The zero-order valence-corrected chi connectivity index (χ0v) is 21.5. The van der Waals surface area contributed by atoms with Gasteiger partial charge in [0.2, 0.25) is 0 Å². The lowest BCUT2D eigenvalue weighted by atomic mass is 10.1. The fourth-order valence-electron chi connectivity index (χ4n) is 5.33. The summed E-state index contributed by atoms with van der Waals surface area (Å²) >= 11 is 0. The van der Waals surface area contributed by atoms with Gasteiger partial charge in [-0.2, -0.15) is 4.98 Å². The van der Waals surface area contributed by atoms with E-state index in [1.165, 1.54) is 6.42 Å². The van der Waals surface area contributed by atoms with Crippen LogP contribution in [0.5, 0.6) is 0 Å². The normalized spacial score (nSPS) is 16.2. The van der Waals surface area contributed by atoms with Crippen molar-refractivity contribution >= 4 is 45.4 Å². The smallest absolute Gasteiger partial charge is 0.298 e. The van der Waals surface area contributed by atoms with Crippen molar-refractivity contribution in [3.63, 3.8) is 0 Å². The summed E-state index contributed by atoms with van der Waals surface area (Å²) in [6.07, 6.45) is 7.06. The van der Waals surface area contributed by atoms with Crippen LogP contribution in [0.4, 0.5) is 17.4 Å². The molecule has 0 aliphatic carbocycles. The summed E-state index contributed by atoms with van der Waals surface area (Å²) in [4.78, 5) is 34.9. The number of pyridine rings is 2. The minimum absolute atomic E-state index is 0.276. The van der Waals surface area contributed by atoms with Gasteiger partial charge in [-0.25, -0.2) is 9.97 Å². The van der Waals surface area contributed by atoms with Gasteiger partial charge in [-0.15, -0.1) is 0 Å². The average molecular weight is 524 g/mol. The molecule has 10 heteroatoms. The highest BCUT2D eigenvalue weighted by Gasteiger charge is 2.22. The number of amides is 1. The Morgan fingerprint density at radius 1 is 0.949 bits per heavy atom. The molecule has 1 aromatic carbocycles. The van der Waals surface area contributed by atoms with E-state index >= 15 is 0 Å². The number of nitrogens with zero attached hydrogens (tertiary/aromatic N) is 5. The number of benzene rings is 1. The molecule has 0 bridgehead atoms. The van der Waals surface area contributed by atoms with Crippen molar-refractivity contribution in [2.45, 2.75) is 19.3 Å². The molecular formula is C29H29N7O3. The van der Waals surface area contributed by atoms with E-state index in [2.05, 4.69) is 30.1 Å².